The molecule has 2 aromatic heterocycles. The minimum absolute atomic E-state index is 0.0299. The van der Waals surface area contributed by atoms with Crippen molar-refractivity contribution >= 4 is 11.9 Å². The van der Waals surface area contributed by atoms with Crippen LogP contribution in [0.1, 0.15) is 58.4 Å². The molecule has 1 aromatic carbocycles. The molecule has 0 radical (unpaired) electrons. The van der Waals surface area contributed by atoms with Crippen molar-refractivity contribution in [2.45, 2.75) is 44.7 Å². The smallest absolute Gasteiger partial charge is 0.339 e. The number of benzene rings is 1. The number of halogens is 4. The summed E-state index contributed by atoms with van der Waals surface area (Å²) >= 11 is 0. The fourth-order valence-electron chi connectivity index (χ4n) is 4.39. The highest BCUT2D eigenvalue weighted by atomic mass is 19.4. The van der Waals surface area contributed by atoms with E-state index in [0.29, 0.717) is 60.3 Å². The molecule has 1 aliphatic rings. The molecule has 12 heteroatoms. The van der Waals surface area contributed by atoms with Crippen LogP contribution in [-0.4, -0.2) is 46.2 Å². The number of hydrogen-bond acceptors (Lipinski definition) is 5. The number of H-pyrrole nitrogens is 1. The number of carbonyl (C=O) groups is 2. The van der Waals surface area contributed by atoms with Crippen molar-refractivity contribution in [1.29, 1.82) is 0 Å². The number of amides is 1. The first-order chi connectivity index (χ1) is 18.0. The number of aromatic nitrogens is 3. The lowest BCUT2D eigenvalue weighted by molar-refractivity contribution is -0.871. The molecule has 1 fully saturated rings. The lowest BCUT2D eigenvalue weighted by Gasteiger charge is -2.32. The predicted molar refractivity (Wildman–Crippen MR) is 126 cm³/mol. The third-order valence-corrected chi connectivity index (χ3v) is 6.46. The van der Waals surface area contributed by atoms with Gasteiger partial charge in [0.25, 0.3) is 11.5 Å². The summed E-state index contributed by atoms with van der Waals surface area (Å²) in [5, 5.41) is 6.49. The number of rotatable bonds is 6. The summed E-state index contributed by atoms with van der Waals surface area (Å²) < 4.78 is 52.4. The van der Waals surface area contributed by atoms with Gasteiger partial charge in [0, 0.05) is 41.9 Å². The van der Waals surface area contributed by atoms with Gasteiger partial charge in [0.05, 0.1) is 11.3 Å². The van der Waals surface area contributed by atoms with E-state index in [1.165, 1.54) is 24.5 Å². The maximum Gasteiger partial charge on any atom is 0.498 e. The normalized spacial score (nSPS) is 14.4. The summed E-state index contributed by atoms with van der Waals surface area (Å²) in [6.45, 7) is 2.59. The van der Waals surface area contributed by atoms with E-state index < -0.39 is 23.9 Å². The molecule has 1 aliphatic heterocycles. The van der Waals surface area contributed by atoms with Gasteiger partial charge in [0.15, 0.2) is 0 Å². The molecule has 0 aliphatic carbocycles. The van der Waals surface area contributed by atoms with Crippen LogP contribution in [0.3, 0.4) is 0 Å². The third kappa shape index (κ3) is 6.24. The Morgan fingerprint density at radius 3 is 2.45 bits per heavy atom. The number of alkyl halides is 3. The first kappa shape index (κ1) is 27.0. The average molecular weight is 534 g/mol. The van der Waals surface area contributed by atoms with Crippen LogP contribution >= 0.6 is 0 Å². The second-order valence-electron chi connectivity index (χ2n) is 8.99. The van der Waals surface area contributed by atoms with Gasteiger partial charge in [-0.05, 0) is 54.5 Å². The van der Waals surface area contributed by atoms with E-state index >= 15 is 0 Å². The summed E-state index contributed by atoms with van der Waals surface area (Å²) in [5.74, 6) is -3.36. The van der Waals surface area contributed by atoms with Gasteiger partial charge in [-0.1, -0.05) is 13.0 Å². The first-order valence-corrected chi connectivity index (χ1v) is 12.0. The third-order valence-electron chi connectivity index (χ3n) is 6.46. The number of likely N-dealkylation sites (tertiary alicyclic amines) is 1. The second-order valence-corrected chi connectivity index (χ2v) is 8.99. The molecule has 0 bridgehead atoms. The molecule has 3 heterocycles. The van der Waals surface area contributed by atoms with E-state index in [9.17, 15) is 31.9 Å². The number of nitrogens with one attached hydrogen (secondary N) is 1. The van der Waals surface area contributed by atoms with Gasteiger partial charge in [0.2, 0.25) is 12.4 Å². The van der Waals surface area contributed by atoms with Gasteiger partial charge in [-0.25, -0.2) is 14.3 Å². The number of aryl methyl sites for hydroxylation is 1. The zero-order valence-electron chi connectivity index (χ0n) is 20.4. The molecular formula is C26H25F4N4O4+. The minimum Gasteiger partial charge on any atom is -0.339 e. The van der Waals surface area contributed by atoms with E-state index in [1.54, 1.807) is 29.2 Å². The first-order valence-electron chi connectivity index (χ1n) is 12.0. The molecule has 4 rings (SSSR count). The number of carbonyl (C=O) groups excluding carboxylic acids is 2. The minimum atomic E-state index is -5.10. The maximum atomic E-state index is 14.6. The Kier molecular flexibility index (Phi) is 7.88. The number of pyridine rings is 1. The SMILES string of the molecule is CCc1cc(Cc2ccc(F)c(C(=O)N3CCC(c4cc[n+](OC(=O)C(F)(F)F)cc4)CC3)c2)n[nH]c1=O. The van der Waals surface area contributed by atoms with Crippen LogP contribution in [0.4, 0.5) is 17.6 Å². The number of aromatic amines is 1. The molecule has 3 aromatic rings. The predicted octanol–water partition coefficient (Wildman–Crippen LogP) is 2.89. The van der Waals surface area contributed by atoms with Gasteiger partial charge < -0.3 is 4.90 Å². The highest BCUT2D eigenvalue weighted by Crippen LogP contribution is 2.28. The molecule has 1 amide bonds. The zero-order valence-corrected chi connectivity index (χ0v) is 20.4. The quantitative estimate of drug-likeness (QED) is 0.389. The maximum absolute atomic E-state index is 14.6. The number of nitrogens with zero attached hydrogens (tertiary/aromatic N) is 3. The van der Waals surface area contributed by atoms with E-state index in [2.05, 4.69) is 15.0 Å². The fraction of sp³-hybridized carbons (Fsp3) is 0.346. The summed E-state index contributed by atoms with van der Waals surface area (Å²) in [6, 6.07) is 9.13. The number of hydrogen-bond donors (Lipinski definition) is 1. The summed E-state index contributed by atoms with van der Waals surface area (Å²) in [6.07, 6.45) is -0.653. The lowest BCUT2D eigenvalue weighted by Crippen LogP contribution is -2.49. The monoisotopic (exact) mass is 533 g/mol. The summed E-state index contributed by atoms with van der Waals surface area (Å²) in [5.41, 5.74) is 2.39. The van der Waals surface area contributed by atoms with E-state index in [0.717, 1.165) is 5.56 Å². The van der Waals surface area contributed by atoms with Gasteiger partial charge in [-0.15, -0.1) is 0 Å². The second kappa shape index (κ2) is 11.1. The van der Waals surface area contributed by atoms with Crippen LogP contribution in [0.5, 0.6) is 0 Å². The molecule has 0 spiro atoms. The molecular weight excluding hydrogens is 508 g/mol. The van der Waals surface area contributed by atoms with Crippen molar-refractivity contribution < 1.29 is 36.7 Å². The summed E-state index contributed by atoms with van der Waals surface area (Å²) in [7, 11) is 0. The molecule has 0 atom stereocenters. The Morgan fingerprint density at radius 2 is 1.82 bits per heavy atom. The Morgan fingerprint density at radius 1 is 1.13 bits per heavy atom. The van der Waals surface area contributed by atoms with E-state index in [1.807, 2.05) is 6.92 Å². The molecule has 1 N–H and O–H groups in total. The average Bonchev–Trinajstić information content (AvgIpc) is 2.90. The van der Waals surface area contributed by atoms with Crippen molar-refractivity contribution in [1.82, 2.24) is 15.1 Å². The largest absolute Gasteiger partial charge is 0.498 e. The number of piperidine rings is 1. The van der Waals surface area contributed by atoms with Gasteiger partial charge in [-0.3, -0.25) is 9.59 Å². The Bertz CT molecular complexity index is 1380. The van der Waals surface area contributed by atoms with Gasteiger partial charge in [-0.2, -0.15) is 23.1 Å². The van der Waals surface area contributed by atoms with Crippen molar-refractivity contribution in [3.8, 4) is 0 Å². The van der Waals surface area contributed by atoms with Crippen LogP contribution in [0.15, 0.2) is 53.6 Å². The van der Waals surface area contributed by atoms with E-state index in [4.69, 9.17) is 0 Å². The van der Waals surface area contributed by atoms with Crippen molar-refractivity contribution in [3.05, 3.63) is 92.9 Å². The zero-order chi connectivity index (χ0) is 27.4. The van der Waals surface area contributed by atoms with Crippen molar-refractivity contribution in [3.63, 3.8) is 0 Å². The molecule has 8 nitrogen and oxygen atoms in total. The standard InChI is InChI=1S/C26H24F4N4O4/c1-2-17-15-20(31-32-23(17)35)13-16-3-4-22(27)21(14-16)24(36)33-9-5-18(6-10-33)19-7-11-34(12-8-19)38-25(37)26(28,29)30/h3-4,7-8,11-12,14-15,18H,2,5-6,9-10,13H2,1H3/p+1. The van der Waals surface area contributed by atoms with Crippen LogP contribution < -0.4 is 15.1 Å². The molecule has 38 heavy (non-hydrogen) atoms. The van der Waals surface area contributed by atoms with Gasteiger partial charge >= 0.3 is 12.1 Å². The Labute approximate surface area is 214 Å². The van der Waals surface area contributed by atoms with Crippen LogP contribution in [0.25, 0.3) is 0 Å². The van der Waals surface area contributed by atoms with E-state index in [-0.39, 0.29) is 17.0 Å². The van der Waals surface area contributed by atoms with Crippen LogP contribution in [-0.2, 0) is 17.6 Å². The molecule has 200 valence electrons. The fourth-order valence-corrected chi connectivity index (χ4v) is 4.39. The van der Waals surface area contributed by atoms with Gasteiger partial charge in [0.1, 0.15) is 5.82 Å². The molecule has 1 saturated heterocycles. The molecule has 0 unspecified atom stereocenters. The van der Waals surface area contributed by atoms with Crippen LogP contribution in [0, 0.1) is 5.82 Å². The van der Waals surface area contributed by atoms with Crippen molar-refractivity contribution in [2.75, 3.05) is 13.1 Å². The highest BCUT2D eigenvalue weighted by Gasteiger charge is 2.44. The van der Waals surface area contributed by atoms with Crippen LogP contribution in [0.2, 0.25) is 0 Å². The Hall–Kier alpha value is -4.09. The topological polar surface area (TPSA) is 96.2 Å². The highest BCUT2D eigenvalue weighted by molar-refractivity contribution is 5.94. The molecule has 0 saturated carbocycles. The summed E-state index contributed by atoms with van der Waals surface area (Å²) in [4.78, 5) is 41.6. The Balaban J connectivity index is 1.38. The van der Waals surface area contributed by atoms with Crippen molar-refractivity contribution in [2.24, 2.45) is 0 Å². The lowest BCUT2D eigenvalue weighted by atomic mass is 9.90.